The van der Waals surface area contributed by atoms with Crippen molar-refractivity contribution in [3.05, 3.63) is 0 Å². The van der Waals surface area contributed by atoms with Crippen molar-refractivity contribution in [1.29, 1.82) is 0 Å². The summed E-state index contributed by atoms with van der Waals surface area (Å²) in [7, 11) is 0. The molecule has 2 heteroatoms. The first-order chi connectivity index (χ1) is 6.20. The Balaban J connectivity index is 2.30. The van der Waals surface area contributed by atoms with Crippen LogP contribution in [0.5, 0.6) is 0 Å². The molecule has 1 aliphatic carbocycles. The SMILES string of the molecule is CC(N)CC(F)C1CCCCCC1. The average Bonchev–Trinajstić information content (AvgIpc) is 2.29. The number of nitrogens with two attached hydrogens (primary N) is 1. The zero-order valence-electron chi connectivity index (χ0n) is 8.64. The summed E-state index contributed by atoms with van der Waals surface area (Å²) in [5.74, 6) is 0.300. The zero-order chi connectivity index (χ0) is 9.68. The van der Waals surface area contributed by atoms with Gasteiger partial charge in [0.25, 0.3) is 0 Å². The summed E-state index contributed by atoms with van der Waals surface area (Å²) in [6.45, 7) is 1.89. The normalized spacial score (nSPS) is 25.2. The van der Waals surface area contributed by atoms with E-state index < -0.39 is 6.17 Å². The van der Waals surface area contributed by atoms with Crippen molar-refractivity contribution in [2.24, 2.45) is 11.7 Å². The van der Waals surface area contributed by atoms with Gasteiger partial charge in [0.05, 0.1) is 0 Å². The van der Waals surface area contributed by atoms with E-state index in [1.165, 1.54) is 25.7 Å². The Kier molecular flexibility index (Phi) is 4.71. The second kappa shape index (κ2) is 5.58. The lowest BCUT2D eigenvalue weighted by molar-refractivity contribution is 0.188. The summed E-state index contributed by atoms with van der Waals surface area (Å²) in [4.78, 5) is 0. The molecule has 13 heavy (non-hydrogen) atoms. The maximum Gasteiger partial charge on any atom is 0.104 e. The van der Waals surface area contributed by atoms with E-state index >= 15 is 0 Å². The van der Waals surface area contributed by atoms with Crippen LogP contribution in [0.25, 0.3) is 0 Å². The van der Waals surface area contributed by atoms with Crippen LogP contribution in [0.2, 0.25) is 0 Å². The second-order valence-electron chi connectivity index (χ2n) is 4.48. The van der Waals surface area contributed by atoms with Gasteiger partial charge >= 0.3 is 0 Å². The van der Waals surface area contributed by atoms with Crippen molar-refractivity contribution in [1.82, 2.24) is 0 Å². The molecule has 0 amide bonds. The van der Waals surface area contributed by atoms with Crippen LogP contribution in [0, 0.1) is 5.92 Å². The van der Waals surface area contributed by atoms with Gasteiger partial charge in [0.15, 0.2) is 0 Å². The van der Waals surface area contributed by atoms with E-state index in [1.807, 2.05) is 6.92 Å². The number of alkyl halides is 1. The molecular formula is C11H22FN. The van der Waals surface area contributed by atoms with E-state index in [9.17, 15) is 4.39 Å². The molecule has 2 atom stereocenters. The molecule has 1 nitrogen and oxygen atoms in total. The Hall–Kier alpha value is -0.110. The van der Waals surface area contributed by atoms with Crippen LogP contribution in [0.3, 0.4) is 0 Å². The van der Waals surface area contributed by atoms with Crippen LogP contribution in [0.15, 0.2) is 0 Å². The van der Waals surface area contributed by atoms with E-state index in [2.05, 4.69) is 0 Å². The standard InChI is InChI=1S/C11H22FN/c1-9(13)8-11(12)10-6-4-2-3-5-7-10/h9-11H,2-8,13H2,1H3. The predicted molar refractivity (Wildman–Crippen MR) is 54.4 cm³/mol. The predicted octanol–water partition coefficient (Wildman–Crippen LogP) is 3.03. The molecule has 0 saturated heterocycles. The molecule has 0 aromatic rings. The zero-order valence-corrected chi connectivity index (χ0v) is 8.64. The van der Waals surface area contributed by atoms with Crippen LogP contribution >= 0.6 is 0 Å². The topological polar surface area (TPSA) is 26.0 Å². The molecule has 1 fully saturated rings. The minimum Gasteiger partial charge on any atom is -0.328 e. The number of halogens is 1. The Morgan fingerprint density at radius 2 is 1.77 bits per heavy atom. The quantitative estimate of drug-likeness (QED) is 0.675. The molecule has 2 N–H and O–H groups in total. The monoisotopic (exact) mass is 187 g/mol. The van der Waals surface area contributed by atoms with Crippen LogP contribution < -0.4 is 5.73 Å². The summed E-state index contributed by atoms with van der Waals surface area (Å²) in [6.07, 6.45) is 7.06. The Morgan fingerprint density at radius 1 is 1.23 bits per heavy atom. The highest BCUT2D eigenvalue weighted by molar-refractivity contribution is 4.75. The van der Waals surface area contributed by atoms with E-state index in [0.717, 1.165) is 12.8 Å². The van der Waals surface area contributed by atoms with Gasteiger partial charge in [-0.15, -0.1) is 0 Å². The van der Waals surface area contributed by atoms with Gasteiger partial charge in [-0.25, -0.2) is 4.39 Å². The maximum atomic E-state index is 13.6. The van der Waals surface area contributed by atoms with Crippen molar-refractivity contribution < 1.29 is 4.39 Å². The Labute approximate surface area is 80.9 Å². The van der Waals surface area contributed by atoms with Gasteiger partial charge in [-0.05, 0) is 32.1 Å². The summed E-state index contributed by atoms with van der Waals surface area (Å²) >= 11 is 0. The Morgan fingerprint density at radius 3 is 2.23 bits per heavy atom. The van der Waals surface area contributed by atoms with E-state index in [1.54, 1.807) is 0 Å². The summed E-state index contributed by atoms with van der Waals surface area (Å²) < 4.78 is 13.6. The summed E-state index contributed by atoms with van der Waals surface area (Å²) in [5, 5.41) is 0. The number of hydrogen-bond donors (Lipinski definition) is 1. The van der Waals surface area contributed by atoms with Crippen molar-refractivity contribution in [3.8, 4) is 0 Å². The van der Waals surface area contributed by atoms with Gasteiger partial charge in [-0.1, -0.05) is 25.7 Å². The molecule has 1 saturated carbocycles. The summed E-state index contributed by atoms with van der Waals surface area (Å²) in [5.41, 5.74) is 5.60. The minimum atomic E-state index is -0.655. The highest BCUT2D eigenvalue weighted by Crippen LogP contribution is 2.28. The molecule has 0 aromatic heterocycles. The van der Waals surface area contributed by atoms with Gasteiger partial charge in [0.2, 0.25) is 0 Å². The molecule has 1 aliphatic rings. The molecule has 2 unspecified atom stereocenters. The third kappa shape index (κ3) is 4.08. The highest BCUT2D eigenvalue weighted by Gasteiger charge is 2.22. The van der Waals surface area contributed by atoms with Gasteiger partial charge in [-0.2, -0.15) is 0 Å². The maximum absolute atomic E-state index is 13.6. The molecule has 0 bridgehead atoms. The van der Waals surface area contributed by atoms with Crippen LogP contribution in [-0.2, 0) is 0 Å². The van der Waals surface area contributed by atoms with Crippen LogP contribution in [0.4, 0.5) is 4.39 Å². The first-order valence-corrected chi connectivity index (χ1v) is 5.60. The fraction of sp³-hybridized carbons (Fsp3) is 1.00. The van der Waals surface area contributed by atoms with Gasteiger partial charge in [0.1, 0.15) is 6.17 Å². The van der Waals surface area contributed by atoms with Crippen LogP contribution in [0.1, 0.15) is 51.9 Å². The first-order valence-electron chi connectivity index (χ1n) is 5.60. The van der Waals surface area contributed by atoms with Crippen molar-refractivity contribution in [3.63, 3.8) is 0 Å². The third-order valence-corrected chi connectivity index (χ3v) is 3.01. The fourth-order valence-corrected chi connectivity index (χ4v) is 2.22. The van der Waals surface area contributed by atoms with Crippen molar-refractivity contribution >= 4 is 0 Å². The fourth-order valence-electron chi connectivity index (χ4n) is 2.22. The lowest BCUT2D eigenvalue weighted by Crippen LogP contribution is -2.25. The van der Waals surface area contributed by atoms with E-state index in [0.29, 0.717) is 12.3 Å². The molecule has 0 aromatic carbocycles. The molecule has 0 radical (unpaired) electrons. The minimum absolute atomic E-state index is 0.0123. The van der Waals surface area contributed by atoms with E-state index in [-0.39, 0.29) is 6.04 Å². The molecule has 0 spiro atoms. The Bertz CT molecular complexity index is 128. The van der Waals surface area contributed by atoms with Crippen molar-refractivity contribution in [2.75, 3.05) is 0 Å². The number of rotatable bonds is 3. The molecule has 1 rings (SSSR count). The largest absolute Gasteiger partial charge is 0.328 e. The van der Waals surface area contributed by atoms with Crippen molar-refractivity contribution in [2.45, 2.75) is 64.1 Å². The molecule has 0 heterocycles. The lowest BCUT2D eigenvalue weighted by Gasteiger charge is -2.20. The number of hydrogen-bond acceptors (Lipinski definition) is 1. The highest BCUT2D eigenvalue weighted by atomic mass is 19.1. The van der Waals surface area contributed by atoms with E-state index in [4.69, 9.17) is 5.73 Å². The molecular weight excluding hydrogens is 165 g/mol. The second-order valence-corrected chi connectivity index (χ2v) is 4.48. The van der Waals surface area contributed by atoms with Gasteiger partial charge in [-0.3, -0.25) is 0 Å². The summed E-state index contributed by atoms with van der Waals surface area (Å²) in [6, 6.07) is 0.0123. The third-order valence-electron chi connectivity index (χ3n) is 3.01. The lowest BCUT2D eigenvalue weighted by atomic mass is 9.91. The average molecular weight is 187 g/mol. The van der Waals surface area contributed by atoms with Crippen LogP contribution in [-0.4, -0.2) is 12.2 Å². The van der Waals surface area contributed by atoms with Gasteiger partial charge in [0, 0.05) is 6.04 Å². The molecule has 78 valence electrons. The molecule has 0 aliphatic heterocycles. The first kappa shape index (κ1) is 11.0. The smallest absolute Gasteiger partial charge is 0.104 e. The van der Waals surface area contributed by atoms with Gasteiger partial charge < -0.3 is 5.73 Å².